The molecule has 0 amide bonds. The van der Waals surface area contributed by atoms with Gasteiger partial charge in [0.15, 0.2) is 0 Å². The van der Waals surface area contributed by atoms with E-state index in [2.05, 4.69) is 43.2 Å². The average Bonchev–Trinajstić information content (AvgIpc) is 2.86. The highest BCUT2D eigenvalue weighted by Crippen LogP contribution is 2.20. The average molecular weight is 299 g/mol. The molecule has 0 bridgehead atoms. The molecule has 1 aromatic heterocycles. The van der Waals surface area contributed by atoms with Gasteiger partial charge in [0.05, 0.1) is 6.61 Å². The van der Waals surface area contributed by atoms with Crippen molar-refractivity contribution in [1.29, 1.82) is 0 Å². The summed E-state index contributed by atoms with van der Waals surface area (Å²) in [6.45, 7) is 11.4. The standard InChI is InChI=1S/C15H29N3OS/c1-5-7-8-13(6-2)11-19-15-18-17-14(20-15)10-16-9-12(3)4/h12-13,16H,5-11H2,1-4H3. The molecule has 1 rings (SSSR count). The van der Waals surface area contributed by atoms with Crippen molar-refractivity contribution in [2.75, 3.05) is 13.2 Å². The van der Waals surface area contributed by atoms with Gasteiger partial charge in [0.1, 0.15) is 5.01 Å². The van der Waals surface area contributed by atoms with Crippen LogP contribution in [0.5, 0.6) is 5.19 Å². The summed E-state index contributed by atoms with van der Waals surface area (Å²) in [7, 11) is 0. The highest BCUT2D eigenvalue weighted by molar-refractivity contribution is 7.13. The maximum atomic E-state index is 5.78. The monoisotopic (exact) mass is 299 g/mol. The first-order valence-electron chi connectivity index (χ1n) is 7.81. The lowest BCUT2D eigenvalue weighted by Gasteiger charge is -2.13. The van der Waals surface area contributed by atoms with Gasteiger partial charge in [-0.25, -0.2) is 0 Å². The minimum absolute atomic E-state index is 0.640. The summed E-state index contributed by atoms with van der Waals surface area (Å²) >= 11 is 1.55. The zero-order valence-corrected chi connectivity index (χ0v) is 14.1. The molecule has 0 aliphatic carbocycles. The van der Waals surface area contributed by atoms with Crippen LogP contribution in [-0.4, -0.2) is 23.3 Å². The van der Waals surface area contributed by atoms with Gasteiger partial charge in [0.25, 0.3) is 5.19 Å². The molecule has 116 valence electrons. The summed E-state index contributed by atoms with van der Waals surface area (Å²) < 4.78 is 5.78. The van der Waals surface area contributed by atoms with Gasteiger partial charge in [-0.1, -0.05) is 58.3 Å². The van der Waals surface area contributed by atoms with Gasteiger partial charge in [0, 0.05) is 6.54 Å². The molecule has 0 saturated carbocycles. The van der Waals surface area contributed by atoms with Crippen LogP contribution in [0.25, 0.3) is 0 Å². The van der Waals surface area contributed by atoms with Crippen LogP contribution in [0, 0.1) is 11.8 Å². The molecular formula is C15H29N3OS. The molecule has 0 spiro atoms. The van der Waals surface area contributed by atoms with Crippen LogP contribution in [0.2, 0.25) is 0 Å². The zero-order chi connectivity index (χ0) is 14.8. The van der Waals surface area contributed by atoms with Gasteiger partial charge in [0.2, 0.25) is 0 Å². The smallest absolute Gasteiger partial charge is 0.294 e. The van der Waals surface area contributed by atoms with Crippen LogP contribution in [0.3, 0.4) is 0 Å². The quantitative estimate of drug-likeness (QED) is 0.673. The van der Waals surface area contributed by atoms with Gasteiger partial charge >= 0.3 is 0 Å². The third kappa shape index (κ3) is 7.20. The van der Waals surface area contributed by atoms with Crippen LogP contribution in [0.15, 0.2) is 0 Å². The Morgan fingerprint density at radius 3 is 2.70 bits per heavy atom. The van der Waals surface area contributed by atoms with E-state index in [-0.39, 0.29) is 0 Å². The Labute approximate surface area is 127 Å². The van der Waals surface area contributed by atoms with E-state index < -0.39 is 0 Å². The second-order valence-electron chi connectivity index (χ2n) is 5.71. The number of unbranched alkanes of at least 4 members (excludes halogenated alkanes) is 1. The van der Waals surface area contributed by atoms with Crippen molar-refractivity contribution in [3.63, 3.8) is 0 Å². The molecule has 0 saturated heterocycles. The first-order chi connectivity index (χ1) is 9.65. The summed E-state index contributed by atoms with van der Waals surface area (Å²) in [6, 6.07) is 0. The van der Waals surface area contributed by atoms with Crippen molar-refractivity contribution in [2.45, 2.75) is 59.9 Å². The number of ether oxygens (including phenoxy) is 1. The highest BCUT2D eigenvalue weighted by Gasteiger charge is 2.10. The van der Waals surface area contributed by atoms with Crippen molar-refractivity contribution in [3.8, 4) is 5.19 Å². The molecule has 1 atom stereocenters. The fourth-order valence-electron chi connectivity index (χ4n) is 1.92. The Bertz CT molecular complexity index is 355. The summed E-state index contributed by atoms with van der Waals surface area (Å²) in [6.07, 6.45) is 4.94. The highest BCUT2D eigenvalue weighted by atomic mass is 32.1. The predicted molar refractivity (Wildman–Crippen MR) is 85.3 cm³/mol. The molecule has 1 heterocycles. The number of nitrogens with one attached hydrogen (secondary N) is 1. The maximum Gasteiger partial charge on any atom is 0.294 e. The Hall–Kier alpha value is -0.680. The van der Waals surface area contributed by atoms with Crippen molar-refractivity contribution in [1.82, 2.24) is 15.5 Å². The topological polar surface area (TPSA) is 47.0 Å². The van der Waals surface area contributed by atoms with E-state index in [1.54, 1.807) is 11.3 Å². The maximum absolute atomic E-state index is 5.78. The van der Waals surface area contributed by atoms with E-state index >= 15 is 0 Å². The second-order valence-corrected chi connectivity index (χ2v) is 6.74. The predicted octanol–water partition coefficient (Wildman–Crippen LogP) is 3.88. The summed E-state index contributed by atoms with van der Waals surface area (Å²) in [4.78, 5) is 0. The normalized spacial score (nSPS) is 12.8. The molecule has 0 aliphatic heterocycles. The number of hydrogen-bond donors (Lipinski definition) is 1. The third-order valence-corrected chi connectivity index (χ3v) is 4.10. The third-order valence-electron chi connectivity index (χ3n) is 3.26. The molecule has 20 heavy (non-hydrogen) atoms. The fourth-order valence-corrected chi connectivity index (χ4v) is 2.59. The van der Waals surface area contributed by atoms with Crippen LogP contribution < -0.4 is 10.1 Å². The van der Waals surface area contributed by atoms with Crippen molar-refractivity contribution >= 4 is 11.3 Å². The molecular weight excluding hydrogens is 270 g/mol. The zero-order valence-electron chi connectivity index (χ0n) is 13.3. The molecule has 1 N–H and O–H groups in total. The van der Waals surface area contributed by atoms with Crippen LogP contribution in [-0.2, 0) is 6.54 Å². The fraction of sp³-hybridized carbons (Fsp3) is 0.867. The first-order valence-corrected chi connectivity index (χ1v) is 8.63. The summed E-state index contributed by atoms with van der Waals surface area (Å²) in [5, 5.41) is 13.3. The van der Waals surface area contributed by atoms with Crippen LogP contribution in [0.4, 0.5) is 0 Å². The van der Waals surface area contributed by atoms with E-state index in [9.17, 15) is 0 Å². The second kappa shape index (κ2) is 10.1. The SMILES string of the molecule is CCCCC(CC)COc1nnc(CNCC(C)C)s1. The van der Waals surface area contributed by atoms with E-state index in [4.69, 9.17) is 4.74 Å². The number of rotatable bonds is 11. The minimum Gasteiger partial charge on any atom is -0.469 e. The Kier molecular flexibility index (Phi) is 8.78. The van der Waals surface area contributed by atoms with Crippen molar-refractivity contribution < 1.29 is 4.74 Å². The van der Waals surface area contributed by atoms with Gasteiger partial charge in [-0.05, 0) is 24.8 Å². The molecule has 0 aliphatic rings. The summed E-state index contributed by atoms with van der Waals surface area (Å²) in [5.41, 5.74) is 0. The largest absolute Gasteiger partial charge is 0.469 e. The Morgan fingerprint density at radius 1 is 1.25 bits per heavy atom. The number of aromatic nitrogens is 2. The molecule has 1 unspecified atom stereocenters. The van der Waals surface area contributed by atoms with Gasteiger partial charge in [-0.15, -0.1) is 10.2 Å². The lowest BCUT2D eigenvalue weighted by Crippen LogP contribution is -2.18. The summed E-state index contributed by atoms with van der Waals surface area (Å²) in [5.74, 6) is 1.30. The van der Waals surface area contributed by atoms with Crippen molar-refractivity contribution in [3.05, 3.63) is 5.01 Å². The van der Waals surface area contributed by atoms with Gasteiger partial charge in [-0.2, -0.15) is 0 Å². The van der Waals surface area contributed by atoms with E-state index in [1.165, 1.54) is 25.7 Å². The number of hydrogen-bond acceptors (Lipinski definition) is 5. The molecule has 0 aromatic carbocycles. The van der Waals surface area contributed by atoms with E-state index in [0.717, 1.165) is 24.7 Å². The molecule has 0 fully saturated rings. The molecule has 0 radical (unpaired) electrons. The van der Waals surface area contributed by atoms with Crippen molar-refractivity contribution in [2.24, 2.45) is 11.8 Å². The molecule has 4 nitrogen and oxygen atoms in total. The Balaban J connectivity index is 2.28. The lowest BCUT2D eigenvalue weighted by molar-refractivity contribution is 0.231. The Morgan fingerprint density at radius 2 is 2.05 bits per heavy atom. The van der Waals surface area contributed by atoms with E-state index in [0.29, 0.717) is 17.0 Å². The molecule has 5 heteroatoms. The minimum atomic E-state index is 0.640. The van der Waals surface area contributed by atoms with Gasteiger partial charge < -0.3 is 10.1 Å². The lowest BCUT2D eigenvalue weighted by atomic mass is 10.0. The van der Waals surface area contributed by atoms with Crippen LogP contribution >= 0.6 is 11.3 Å². The van der Waals surface area contributed by atoms with Crippen LogP contribution in [0.1, 0.15) is 58.4 Å². The van der Waals surface area contributed by atoms with E-state index in [1.807, 2.05) is 0 Å². The number of nitrogens with zero attached hydrogens (tertiary/aromatic N) is 2. The van der Waals surface area contributed by atoms with Gasteiger partial charge in [-0.3, -0.25) is 0 Å². The first kappa shape index (κ1) is 17.4. The molecule has 1 aromatic rings.